The minimum atomic E-state index is -0.881. The number of benzene rings is 1. The van der Waals surface area contributed by atoms with Gasteiger partial charge in [0, 0.05) is 30.4 Å². The Morgan fingerprint density at radius 3 is 2.77 bits per heavy atom. The summed E-state index contributed by atoms with van der Waals surface area (Å²) in [6, 6.07) is 8.54. The average molecular weight is 426 g/mol. The van der Waals surface area contributed by atoms with Crippen LogP contribution in [0.1, 0.15) is 22.5 Å². The van der Waals surface area contributed by atoms with Crippen LogP contribution in [0.25, 0.3) is 0 Å². The van der Waals surface area contributed by atoms with Crippen molar-refractivity contribution >= 4 is 23.5 Å². The van der Waals surface area contributed by atoms with Crippen LogP contribution in [0.4, 0.5) is 20.4 Å². The summed E-state index contributed by atoms with van der Waals surface area (Å²) >= 11 is 0. The number of halogens is 2. The lowest BCUT2D eigenvalue weighted by Gasteiger charge is -2.27. The van der Waals surface area contributed by atoms with Gasteiger partial charge < -0.3 is 15.5 Å². The maximum absolute atomic E-state index is 13.7. The van der Waals surface area contributed by atoms with Gasteiger partial charge in [-0.15, -0.1) is 0 Å². The number of aromatic amines is 1. The number of nitrogens with zero attached hydrogens (tertiary/aromatic N) is 3. The van der Waals surface area contributed by atoms with Crippen molar-refractivity contribution in [2.24, 2.45) is 0 Å². The van der Waals surface area contributed by atoms with Gasteiger partial charge in [-0.3, -0.25) is 14.7 Å². The highest BCUT2D eigenvalue weighted by molar-refractivity contribution is 6.34. The number of aromatic nitrogens is 3. The van der Waals surface area contributed by atoms with Gasteiger partial charge in [-0.1, -0.05) is 6.07 Å². The lowest BCUT2D eigenvalue weighted by molar-refractivity contribution is -0.146. The van der Waals surface area contributed by atoms with E-state index in [9.17, 15) is 18.4 Å². The Hall–Kier alpha value is -3.82. The van der Waals surface area contributed by atoms with Crippen LogP contribution in [0.3, 0.4) is 0 Å². The van der Waals surface area contributed by atoms with Gasteiger partial charge in [0.25, 0.3) is 0 Å². The van der Waals surface area contributed by atoms with Gasteiger partial charge in [-0.05, 0) is 43.2 Å². The monoisotopic (exact) mass is 426 g/mol. The molecule has 0 radical (unpaired) electrons. The number of hydrogen-bond donors (Lipinski definition) is 3. The van der Waals surface area contributed by atoms with E-state index in [0.717, 1.165) is 29.5 Å². The van der Waals surface area contributed by atoms with Crippen LogP contribution < -0.4 is 10.6 Å². The first-order valence-corrected chi connectivity index (χ1v) is 9.68. The van der Waals surface area contributed by atoms with E-state index < -0.39 is 23.4 Å². The third kappa shape index (κ3) is 4.68. The molecule has 8 nitrogen and oxygen atoms in total. The largest absolute Gasteiger partial charge is 0.344 e. The second-order valence-corrected chi connectivity index (χ2v) is 7.26. The Labute approximate surface area is 176 Å². The van der Waals surface area contributed by atoms with E-state index >= 15 is 0 Å². The first kappa shape index (κ1) is 20.5. The molecule has 3 heterocycles. The standard InChI is InChI=1S/C21H20F2N6O2/c1-12-8-19(28-27-12)26-18-5-2-13-6-7-29(11-17(13)25-18)21(31)20(30)24-10-14-9-15(22)3-4-16(14)23/h2-5,8-9H,6-7,10-11H2,1H3,(H,24,30)(H2,25,26,27,28). The summed E-state index contributed by atoms with van der Waals surface area (Å²) in [5.74, 6) is -1.70. The first-order valence-electron chi connectivity index (χ1n) is 9.68. The maximum Gasteiger partial charge on any atom is 0.312 e. The molecule has 0 bridgehead atoms. The topological polar surface area (TPSA) is 103 Å². The Kier molecular flexibility index (Phi) is 5.61. The Morgan fingerprint density at radius 1 is 1.16 bits per heavy atom. The third-order valence-electron chi connectivity index (χ3n) is 4.95. The van der Waals surface area contributed by atoms with Crippen molar-refractivity contribution in [1.82, 2.24) is 25.4 Å². The molecule has 0 fully saturated rings. The number of carbonyl (C=O) groups is 2. The molecule has 31 heavy (non-hydrogen) atoms. The molecule has 2 amide bonds. The molecule has 0 unspecified atom stereocenters. The molecule has 160 valence electrons. The van der Waals surface area contributed by atoms with Crippen molar-refractivity contribution in [3.8, 4) is 0 Å². The molecule has 1 aromatic carbocycles. The van der Waals surface area contributed by atoms with Crippen molar-refractivity contribution < 1.29 is 18.4 Å². The second-order valence-electron chi connectivity index (χ2n) is 7.26. The van der Waals surface area contributed by atoms with Gasteiger partial charge in [0.15, 0.2) is 5.82 Å². The highest BCUT2D eigenvalue weighted by Gasteiger charge is 2.27. The van der Waals surface area contributed by atoms with Gasteiger partial charge in [-0.25, -0.2) is 13.8 Å². The van der Waals surface area contributed by atoms with E-state index in [0.29, 0.717) is 30.3 Å². The zero-order valence-electron chi connectivity index (χ0n) is 16.7. The van der Waals surface area contributed by atoms with E-state index in [1.807, 2.05) is 25.1 Å². The predicted octanol–water partition coefficient (Wildman–Crippen LogP) is 2.34. The van der Waals surface area contributed by atoms with Gasteiger partial charge in [0.05, 0.1) is 12.2 Å². The highest BCUT2D eigenvalue weighted by atomic mass is 19.1. The molecular weight excluding hydrogens is 406 g/mol. The number of hydrogen-bond acceptors (Lipinski definition) is 5. The van der Waals surface area contributed by atoms with E-state index in [2.05, 4.69) is 25.8 Å². The van der Waals surface area contributed by atoms with Crippen LogP contribution in [-0.4, -0.2) is 38.4 Å². The number of rotatable bonds is 4. The molecule has 0 aliphatic carbocycles. The van der Waals surface area contributed by atoms with Gasteiger partial charge in [0.2, 0.25) is 0 Å². The van der Waals surface area contributed by atoms with Crippen molar-refractivity contribution in [3.63, 3.8) is 0 Å². The van der Waals surface area contributed by atoms with Crippen LogP contribution >= 0.6 is 0 Å². The van der Waals surface area contributed by atoms with Crippen LogP contribution in [0.2, 0.25) is 0 Å². The Bertz CT molecular complexity index is 1150. The van der Waals surface area contributed by atoms with Crippen molar-refractivity contribution in [3.05, 3.63) is 70.5 Å². The van der Waals surface area contributed by atoms with Crippen molar-refractivity contribution in [2.75, 3.05) is 11.9 Å². The fourth-order valence-electron chi connectivity index (χ4n) is 3.34. The average Bonchev–Trinajstić information content (AvgIpc) is 3.17. The van der Waals surface area contributed by atoms with Crippen LogP contribution in [0.5, 0.6) is 0 Å². The molecule has 0 saturated heterocycles. The highest BCUT2D eigenvalue weighted by Crippen LogP contribution is 2.21. The summed E-state index contributed by atoms with van der Waals surface area (Å²) in [6.45, 7) is 2.13. The summed E-state index contributed by atoms with van der Waals surface area (Å²) in [5, 5.41) is 12.4. The van der Waals surface area contributed by atoms with Gasteiger partial charge >= 0.3 is 11.8 Å². The molecule has 3 N–H and O–H groups in total. The van der Waals surface area contributed by atoms with E-state index in [4.69, 9.17) is 0 Å². The summed E-state index contributed by atoms with van der Waals surface area (Å²) in [6.07, 6.45) is 0.557. The summed E-state index contributed by atoms with van der Waals surface area (Å²) in [4.78, 5) is 30.7. The number of nitrogens with one attached hydrogen (secondary N) is 3. The summed E-state index contributed by atoms with van der Waals surface area (Å²) in [5.41, 5.74) is 2.55. The molecule has 0 spiro atoms. The maximum atomic E-state index is 13.7. The molecule has 3 aromatic rings. The fraction of sp³-hybridized carbons (Fsp3) is 0.238. The summed E-state index contributed by atoms with van der Waals surface area (Å²) < 4.78 is 27.0. The number of anilines is 2. The third-order valence-corrected chi connectivity index (χ3v) is 4.95. The molecule has 10 heteroatoms. The second kappa shape index (κ2) is 8.50. The Balaban J connectivity index is 1.40. The Morgan fingerprint density at radius 2 is 2.00 bits per heavy atom. The number of amides is 2. The first-order chi connectivity index (χ1) is 14.9. The summed E-state index contributed by atoms with van der Waals surface area (Å²) in [7, 11) is 0. The molecular formula is C21H20F2N6O2. The molecule has 1 aliphatic rings. The lowest BCUT2D eigenvalue weighted by atomic mass is 10.0. The van der Waals surface area contributed by atoms with Gasteiger partial charge in [-0.2, -0.15) is 5.10 Å². The molecule has 1 aliphatic heterocycles. The molecule has 0 saturated carbocycles. The quantitative estimate of drug-likeness (QED) is 0.556. The normalized spacial score (nSPS) is 12.9. The molecule has 2 aromatic heterocycles. The van der Waals surface area contributed by atoms with E-state index in [1.54, 1.807) is 0 Å². The van der Waals surface area contributed by atoms with Crippen molar-refractivity contribution in [1.29, 1.82) is 0 Å². The number of carbonyl (C=O) groups excluding carboxylic acids is 2. The minimum Gasteiger partial charge on any atom is -0.344 e. The number of H-pyrrole nitrogens is 1. The number of fused-ring (bicyclic) bond motifs is 1. The molecule has 0 atom stereocenters. The van der Waals surface area contributed by atoms with Crippen molar-refractivity contribution in [2.45, 2.75) is 26.4 Å². The van der Waals surface area contributed by atoms with Gasteiger partial charge in [0.1, 0.15) is 17.5 Å². The SMILES string of the molecule is Cc1cc(Nc2ccc3c(n2)CN(C(=O)C(=O)NCc2cc(F)ccc2F)CC3)n[nH]1. The zero-order chi connectivity index (χ0) is 22.0. The van der Waals surface area contributed by atoms with Crippen LogP contribution in [0, 0.1) is 18.6 Å². The lowest BCUT2D eigenvalue weighted by Crippen LogP contribution is -2.45. The van der Waals surface area contributed by atoms with E-state index in [1.165, 1.54) is 4.90 Å². The van der Waals surface area contributed by atoms with E-state index in [-0.39, 0.29) is 18.7 Å². The minimum absolute atomic E-state index is 0.0314. The predicted molar refractivity (Wildman–Crippen MR) is 108 cm³/mol. The number of aryl methyl sites for hydroxylation is 1. The van der Waals surface area contributed by atoms with Crippen LogP contribution in [0.15, 0.2) is 36.4 Å². The number of pyridine rings is 1. The molecule has 4 rings (SSSR count). The van der Waals surface area contributed by atoms with Crippen LogP contribution in [-0.2, 0) is 29.1 Å². The smallest absolute Gasteiger partial charge is 0.312 e. The zero-order valence-corrected chi connectivity index (χ0v) is 16.7. The fourth-order valence-corrected chi connectivity index (χ4v) is 3.34.